The van der Waals surface area contributed by atoms with Crippen LogP contribution >= 0.6 is 0 Å². The van der Waals surface area contributed by atoms with Gasteiger partial charge in [0.15, 0.2) is 5.78 Å². The number of rotatable bonds is 6. The van der Waals surface area contributed by atoms with Crippen LogP contribution in [0.25, 0.3) is 10.9 Å². The Balaban J connectivity index is 1.51. The molecule has 152 valence electrons. The fourth-order valence-electron chi connectivity index (χ4n) is 4.35. The number of aryl methyl sites for hydroxylation is 1. The molecule has 0 amide bonds. The number of carbonyl (C=O) groups excluding carboxylic acids is 1. The predicted octanol–water partition coefficient (Wildman–Crippen LogP) is 4.59. The van der Waals surface area contributed by atoms with Crippen LogP contribution in [0, 0.1) is 12.8 Å². The van der Waals surface area contributed by atoms with Crippen molar-refractivity contribution in [3.63, 3.8) is 0 Å². The number of aromatic amines is 1. The lowest BCUT2D eigenvalue weighted by Crippen LogP contribution is -2.38. The fraction of sp³-hybridized carbons (Fsp3) is 0.375. The van der Waals surface area contributed by atoms with Gasteiger partial charge >= 0.3 is 0 Å². The molecule has 0 saturated carbocycles. The maximum absolute atomic E-state index is 13.1. The molecule has 0 unspecified atom stereocenters. The molecule has 2 aromatic carbocycles. The number of ether oxygens (including phenoxy) is 2. The van der Waals surface area contributed by atoms with Crippen LogP contribution in [0.5, 0.6) is 11.5 Å². The van der Waals surface area contributed by atoms with E-state index in [0.717, 1.165) is 43.7 Å². The first kappa shape index (κ1) is 19.5. The monoisotopic (exact) mass is 392 g/mol. The zero-order valence-electron chi connectivity index (χ0n) is 17.3. The van der Waals surface area contributed by atoms with E-state index in [1.54, 1.807) is 14.2 Å². The van der Waals surface area contributed by atoms with Gasteiger partial charge in [-0.25, -0.2) is 0 Å². The molecule has 3 aromatic rings. The van der Waals surface area contributed by atoms with Gasteiger partial charge in [0.2, 0.25) is 0 Å². The number of nitrogens with zero attached hydrogens (tertiary/aromatic N) is 1. The van der Waals surface area contributed by atoms with E-state index >= 15 is 0 Å². The van der Waals surface area contributed by atoms with Crippen molar-refractivity contribution in [2.75, 3.05) is 27.3 Å². The summed E-state index contributed by atoms with van der Waals surface area (Å²) in [4.78, 5) is 19.1. The third kappa shape index (κ3) is 3.87. The van der Waals surface area contributed by atoms with E-state index in [4.69, 9.17) is 9.47 Å². The molecule has 1 fully saturated rings. The third-order valence-electron chi connectivity index (χ3n) is 6.00. The van der Waals surface area contributed by atoms with Crippen LogP contribution < -0.4 is 9.47 Å². The topological polar surface area (TPSA) is 54.6 Å². The number of ketones is 1. The second kappa shape index (κ2) is 8.29. The number of carbonyl (C=O) groups is 1. The van der Waals surface area contributed by atoms with Crippen LogP contribution in [0.3, 0.4) is 0 Å². The van der Waals surface area contributed by atoms with Gasteiger partial charge in [-0.05, 0) is 62.2 Å². The van der Waals surface area contributed by atoms with Crippen molar-refractivity contribution < 1.29 is 14.3 Å². The van der Waals surface area contributed by atoms with Gasteiger partial charge in [-0.15, -0.1) is 0 Å². The van der Waals surface area contributed by atoms with Crippen molar-refractivity contribution in [2.45, 2.75) is 26.3 Å². The molecule has 0 spiro atoms. The van der Waals surface area contributed by atoms with Crippen LogP contribution in [0.15, 0.2) is 42.5 Å². The van der Waals surface area contributed by atoms with Crippen molar-refractivity contribution in [3.8, 4) is 11.5 Å². The number of hydrogen-bond acceptors (Lipinski definition) is 4. The number of benzene rings is 2. The molecule has 5 heteroatoms. The summed E-state index contributed by atoms with van der Waals surface area (Å²) in [7, 11) is 3.31. The molecular formula is C24H28N2O3. The Morgan fingerprint density at radius 1 is 1.17 bits per heavy atom. The molecule has 1 aromatic heterocycles. The zero-order valence-corrected chi connectivity index (χ0v) is 17.3. The SMILES string of the molecule is COc1ccc2[nH]c(CN3CCC[C@H](C(=O)c4ccccc4OC)C3)c(C)c2c1. The Morgan fingerprint density at radius 2 is 2.00 bits per heavy atom. The molecule has 1 aliphatic heterocycles. The summed E-state index contributed by atoms with van der Waals surface area (Å²) in [5, 5.41) is 1.19. The minimum Gasteiger partial charge on any atom is -0.497 e. The van der Waals surface area contributed by atoms with Crippen molar-refractivity contribution in [3.05, 3.63) is 59.3 Å². The molecule has 0 bridgehead atoms. The number of nitrogens with one attached hydrogen (secondary N) is 1. The second-order valence-electron chi connectivity index (χ2n) is 7.78. The van der Waals surface area contributed by atoms with Crippen molar-refractivity contribution in [1.82, 2.24) is 9.88 Å². The average Bonchev–Trinajstić information content (AvgIpc) is 3.08. The smallest absolute Gasteiger partial charge is 0.170 e. The van der Waals surface area contributed by atoms with Crippen molar-refractivity contribution in [1.29, 1.82) is 0 Å². The number of fused-ring (bicyclic) bond motifs is 1. The molecule has 0 aliphatic carbocycles. The molecular weight excluding hydrogens is 364 g/mol. The van der Waals surface area contributed by atoms with Crippen LogP contribution in [0.4, 0.5) is 0 Å². The first-order chi connectivity index (χ1) is 14.1. The molecule has 5 nitrogen and oxygen atoms in total. The first-order valence-electron chi connectivity index (χ1n) is 10.2. The lowest BCUT2D eigenvalue weighted by molar-refractivity contribution is 0.0807. The lowest BCUT2D eigenvalue weighted by atomic mass is 9.89. The Bertz CT molecular complexity index is 1020. The van der Waals surface area contributed by atoms with Gasteiger partial charge in [-0.3, -0.25) is 9.69 Å². The van der Waals surface area contributed by atoms with E-state index in [9.17, 15) is 4.79 Å². The molecule has 2 heterocycles. The van der Waals surface area contributed by atoms with Gasteiger partial charge in [-0.2, -0.15) is 0 Å². The number of para-hydroxylation sites is 1. The maximum Gasteiger partial charge on any atom is 0.170 e. The second-order valence-corrected chi connectivity index (χ2v) is 7.78. The van der Waals surface area contributed by atoms with E-state index in [0.29, 0.717) is 11.3 Å². The number of piperidine rings is 1. The van der Waals surface area contributed by atoms with Crippen LogP contribution in [0.2, 0.25) is 0 Å². The van der Waals surface area contributed by atoms with Gasteiger partial charge < -0.3 is 14.5 Å². The number of hydrogen-bond donors (Lipinski definition) is 1. The minimum absolute atomic E-state index is 0.00447. The third-order valence-corrected chi connectivity index (χ3v) is 6.00. The van der Waals surface area contributed by atoms with Gasteiger partial charge in [0.05, 0.1) is 19.8 Å². The highest BCUT2D eigenvalue weighted by molar-refractivity contribution is 6.00. The van der Waals surface area contributed by atoms with E-state index < -0.39 is 0 Å². The molecule has 29 heavy (non-hydrogen) atoms. The Kier molecular flexibility index (Phi) is 5.58. The number of H-pyrrole nitrogens is 1. The van der Waals surface area contributed by atoms with Gasteiger partial charge in [-0.1, -0.05) is 12.1 Å². The summed E-state index contributed by atoms with van der Waals surface area (Å²) in [5.74, 6) is 1.72. The summed E-state index contributed by atoms with van der Waals surface area (Å²) in [6.45, 7) is 4.75. The number of likely N-dealkylation sites (tertiary alicyclic amines) is 1. The van der Waals surface area contributed by atoms with E-state index in [1.165, 1.54) is 16.6 Å². The lowest BCUT2D eigenvalue weighted by Gasteiger charge is -2.32. The van der Waals surface area contributed by atoms with Gasteiger partial charge in [0.25, 0.3) is 0 Å². The maximum atomic E-state index is 13.1. The van der Waals surface area contributed by atoms with E-state index in [1.807, 2.05) is 30.3 Å². The van der Waals surface area contributed by atoms with Crippen LogP contribution in [-0.4, -0.2) is 43.0 Å². The van der Waals surface area contributed by atoms with Crippen molar-refractivity contribution >= 4 is 16.7 Å². The number of aromatic nitrogens is 1. The minimum atomic E-state index is 0.00447. The molecule has 0 radical (unpaired) electrons. The molecule has 1 aliphatic rings. The zero-order chi connectivity index (χ0) is 20.4. The summed E-state index contributed by atoms with van der Waals surface area (Å²) in [6, 6.07) is 13.6. The number of Topliss-reactive ketones (excluding diaryl/α,β-unsaturated/α-hetero) is 1. The van der Waals surface area contributed by atoms with Gasteiger partial charge in [0, 0.05) is 35.6 Å². The summed E-state index contributed by atoms with van der Waals surface area (Å²) in [5.41, 5.74) is 4.27. The fourth-order valence-corrected chi connectivity index (χ4v) is 4.35. The normalized spacial score (nSPS) is 17.4. The van der Waals surface area contributed by atoms with Gasteiger partial charge in [0.1, 0.15) is 11.5 Å². The molecule has 1 saturated heterocycles. The van der Waals surface area contributed by atoms with Crippen LogP contribution in [-0.2, 0) is 6.54 Å². The molecule has 1 atom stereocenters. The summed E-state index contributed by atoms with van der Waals surface area (Å²) >= 11 is 0. The largest absolute Gasteiger partial charge is 0.497 e. The first-order valence-corrected chi connectivity index (χ1v) is 10.2. The van der Waals surface area contributed by atoms with E-state index in [-0.39, 0.29) is 11.7 Å². The Labute approximate surface area is 171 Å². The Morgan fingerprint density at radius 3 is 2.79 bits per heavy atom. The quantitative estimate of drug-likeness (QED) is 0.624. The van der Waals surface area contributed by atoms with Crippen LogP contribution in [0.1, 0.15) is 34.5 Å². The molecule has 4 rings (SSSR count). The Hall–Kier alpha value is -2.79. The number of methoxy groups -OCH3 is 2. The summed E-state index contributed by atoms with van der Waals surface area (Å²) < 4.78 is 10.8. The van der Waals surface area contributed by atoms with Crippen molar-refractivity contribution in [2.24, 2.45) is 5.92 Å². The van der Waals surface area contributed by atoms with E-state index in [2.05, 4.69) is 28.9 Å². The standard InChI is InChI=1S/C24H28N2O3/c1-16-20-13-18(28-2)10-11-21(20)25-22(16)15-26-12-6-7-17(14-26)24(27)19-8-4-5-9-23(19)29-3/h4-5,8-11,13,17,25H,6-7,12,14-15H2,1-3H3/t17-/m0/s1. The predicted molar refractivity (Wildman–Crippen MR) is 115 cm³/mol. The highest BCUT2D eigenvalue weighted by Crippen LogP contribution is 2.29. The highest BCUT2D eigenvalue weighted by Gasteiger charge is 2.28. The highest BCUT2D eigenvalue weighted by atomic mass is 16.5. The molecule has 1 N–H and O–H groups in total. The summed E-state index contributed by atoms with van der Waals surface area (Å²) in [6.07, 6.45) is 1.95. The average molecular weight is 392 g/mol.